The molecule has 0 amide bonds. The second-order valence-corrected chi connectivity index (χ2v) is 18.3. The second kappa shape index (κ2) is 16.0. The number of ether oxygens (including phenoxy) is 1. The Bertz CT molecular complexity index is 3950. The lowest BCUT2D eigenvalue weighted by Gasteiger charge is -2.39. The van der Waals surface area contributed by atoms with E-state index in [0.29, 0.717) is 0 Å². The maximum absolute atomic E-state index is 6.73. The van der Waals surface area contributed by atoms with Crippen molar-refractivity contribution in [3.8, 4) is 67.1 Å². The molecule has 1 spiro atoms. The Morgan fingerprint density at radius 1 is 0.286 bits per heavy atom. The maximum atomic E-state index is 6.73. The van der Waals surface area contributed by atoms with Crippen LogP contribution < -0.4 is 9.64 Å². The van der Waals surface area contributed by atoms with Gasteiger partial charge in [-0.05, 0) is 122 Å². The fourth-order valence-corrected chi connectivity index (χ4v) is 11.6. The number of hydrogen-bond acceptors (Lipinski definition) is 3. The standard InChI is InChI=1S/C67H43NO2/c1-2-18-45(19-3-1)49-20-4-5-21-50(49)51-22-6-7-23-52(51)55-25-9-14-30-62(55)68(47-37-34-44(35-38-47)46-36-40-57-56-26-10-15-31-63(56)69-66(57)42-46)48-39-41-54-53-24-8-11-27-58(53)67(61(54)43-48)59-28-12-16-32-64(59)70-65-33-17-13-29-60(65)67/h1-43H. The number of hydrogen-bond donors (Lipinski definition) is 0. The van der Waals surface area contributed by atoms with Crippen LogP contribution in [0.2, 0.25) is 0 Å². The van der Waals surface area contributed by atoms with E-state index in [1.807, 2.05) is 12.1 Å². The summed E-state index contributed by atoms with van der Waals surface area (Å²) in [6, 6.07) is 94.3. The molecule has 0 unspecified atom stereocenters. The molecule has 0 N–H and O–H groups in total. The normalized spacial score (nSPS) is 12.8. The van der Waals surface area contributed by atoms with Crippen LogP contribution in [0.4, 0.5) is 17.1 Å². The molecule has 3 nitrogen and oxygen atoms in total. The number of para-hydroxylation sites is 4. The molecule has 0 bridgehead atoms. The van der Waals surface area contributed by atoms with E-state index in [1.165, 1.54) is 44.5 Å². The predicted molar refractivity (Wildman–Crippen MR) is 288 cm³/mol. The summed E-state index contributed by atoms with van der Waals surface area (Å²) in [5.74, 6) is 1.75. The van der Waals surface area contributed by atoms with Crippen molar-refractivity contribution in [2.75, 3.05) is 4.90 Å². The van der Waals surface area contributed by atoms with Gasteiger partial charge in [0.25, 0.3) is 0 Å². The first-order chi connectivity index (χ1) is 34.7. The number of benzene rings is 11. The first kappa shape index (κ1) is 39.9. The van der Waals surface area contributed by atoms with Gasteiger partial charge in [0.15, 0.2) is 0 Å². The highest BCUT2D eigenvalue weighted by Gasteiger charge is 2.51. The molecule has 328 valence electrons. The van der Waals surface area contributed by atoms with Gasteiger partial charge in [0.1, 0.15) is 22.7 Å². The zero-order valence-electron chi connectivity index (χ0n) is 38.1. The molecule has 0 atom stereocenters. The Balaban J connectivity index is 0.988. The molecule has 2 heterocycles. The lowest BCUT2D eigenvalue weighted by molar-refractivity contribution is 0.436. The Hall–Kier alpha value is -9.18. The molecule has 1 aliphatic heterocycles. The predicted octanol–water partition coefficient (Wildman–Crippen LogP) is 18.2. The van der Waals surface area contributed by atoms with E-state index in [-0.39, 0.29) is 0 Å². The van der Waals surface area contributed by atoms with Crippen molar-refractivity contribution in [3.63, 3.8) is 0 Å². The van der Waals surface area contributed by atoms with Gasteiger partial charge in [-0.15, -0.1) is 0 Å². The third-order valence-electron chi connectivity index (χ3n) is 14.6. The van der Waals surface area contributed by atoms with Crippen LogP contribution in [0.5, 0.6) is 11.5 Å². The Kier molecular flexibility index (Phi) is 9.11. The lowest BCUT2D eigenvalue weighted by atomic mass is 9.66. The van der Waals surface area contributed by atoms with Crippen LogP contribution in [0, 0.1) is 0 Å². The maximum Gasteiger partial charge on any atom is 0.136 e. The molecule has 14 rings (SSSR count). The Labute approximate surface area is 406 Å². The molecule has 0 radical (unpaired) electrons. The molecule has 11 aromatic carbocycles. The van der Waals surface area contributed by atoms with E-state index >= 15 is 0 Å². The molecule has 3 heteroatoms. The van der Waals surface area contributed by atoms with Gasteiger partial charge in [-0.1, -0.05) is 200 Å². The van der Waals surface area contributed by atoms with E-state index in [4.69, 9.17) is 9.15 Å². The van der Waals surface area contributed by atoms with Gasteiger partial charge < -0.3 is 14.1 Å². The van der Waals surface area contributed by atoms with Crippen LogP contribution in [0.1, 0.15) is 22.3 Å². The number of fused-ring (bicyclic) bond motifs is 12. The van der Waals surface area contributed by atoms with Crippen molar-refractivity contribution < 1.29 is 9.15 Å². The average Bonchev–Trinajstić information content (AvgIpc) is 3.95. The van der Waals surface area contributed by atoms with Crippen molar-refractivity contribution in [2.45, 2.75) is 5.41 Å². The van der Waals surface area contributed by atoms with Crippen LogP contribution in [0.25, 0.3) is 77.6 Å². The smallest absolute Gasteiger partial charge is 0.136 e. The highest BCUT2D eigenvalue weighted by molar-refractivity contribution is 6.06. The molecule has 2 aliphatic rings. The fraction of sp³-hybridized carbons (Fsp3) is 0.0149. The van der Waals surface area contributed by atoms with E-state index in [2.05, 4.69) is 254 Å². The Morgan fingerprint density at radius 3 is 1.54 bits per heavy atom. The van der Waals surface area contributed by atoms with Crippen molar-refractivity contribution in [1.29, 1.82) is 0 Å². The van der Waals surface area contributed by atoms with Crippen LogP contribution >= 0.6 is 0 Å². The summed E-state index contributed by atoms with van der Waals surface area (Å²) in [5.41, 5.74) is 20.8. The molecule has 12 aromatic rings. The van der Waals surface area contributed by atoms with Crippen molar-refractivity contribution >= 4 is 39.0 Å². The quantitative estimate of drug-likeness (QED) is 0.159. The van der Waals surface area contributed by atoms with Crippen molar-refractivity contribution in [3.05, 3.63) is 283 Å². The number of rotatable bonds is 7. The molecule has 1 aliphatic carbocycles. The van der Waals surface area contributed by atoms with Gasteiger partial charge in [0.2, 0.25) is 0 Å². The van der Waals surface area contributed by atoms with Crippen LogP contribution in [-0.2, 0) is 5.41 Å². The van der Waals surface area contributed by atoms with E-state index in [1.54, 1.807) is 0 Å². The topological polar surface area (TPSA) is 25.6 Å². The third kappa shape index (κ3) is 6.08. The van der Waals surface area contributed by atoms with Gasteiger partial charge in [0, 0.05) is 38.8 Å². The third-order valence-corrected chi connectivity index (χ3v) is 14.6. The fourth-order valence-electron chi connectivity index (χ4n) is 11.6. The van der Waals surface area contributed by atoms with Gasteiger partial charge >= 0.3 is 0 Å². The van der Waals surface area contributed by atoms with E-state index in [9.17, 15) is 0 Å². The monoisotopic (exact) mass is 893 g/mol. The average molecular weight is 894 g/mol. The van der Waals surface area contributed by atoms with Crippen LogP contribution in [-0.4, -0.2) is 0 Å². The Morgan fingerprint density at radius 2 is 0.800 bits per heavy atom. The lowest BCUT2D eigenvalue weighted by Crippen LogP contribution is -2.32. The molecular weight excluding hydrogens is 851 g/mol. The largest absolute Gasteiger partial charge is 0.457 e. The first-order valence-corrected chi connectivity index (χ1v) is 24.0. The molecule has 0 saturated carbocycles. The molecule has 0 saturated heterocycles. The molecular formula is C67H43NO2. The zero-order chi connectivity index (χ0) is 46.2. The van der Waals surface area contributed by atoms with Crippen molar-refractivity contribution in [2.24, 2.45) is 0 Å². The molecule has 70 heavy (non-hydrogen) atoms. The summed E-state index contributed by atoms with van der Waals surface area (Å²) in [6.45, 7) is 0. The SMILES string of the molecule is c1ccc(-c2ccccc2-c2ccccc2-c2ccccc2N(c2ccc(-c3ccc4c(c3)oc3ccccc34)cc2)c2ccc3c(c2)C2(c4ccccc4Oc4ccccc42)c2ccccc2-3)cc1. The summed E-state index contributed by atoms with van der Waals surface area (Å²) in [4.78, 5) is 2.45. The number of nitrogens with zero attached hydrogens (tertiary/aromatic N) is 1. The first-order valence-electron chi connectivity index (χ1n) is 24.0. The minimum absolute atomic E-state index is 0.620. The van der Waals surface area contributed by atoms with E-state index < -0.39 is 5.41 Å². The van der Waals surface area contributed by atoms with Crippen molar-refractivity contribution in [1.82, 2.24) is 0 Å². The van der Waals surface area contributed by atoms with Crippen LogP contribution in [0.3, 0.4) is 0 Å². The van der Waals surface area contributed by atoms with Gasteiger partial charge in [-0.2, -0.15) is 0 Å². The van der Waals surface area contributed by atoms with Gasteiger partial charge in [-0.25, -0.2) is 0 Å². The molecule has 1 aromatic heterocycles. The highest BCUT2D eigenvalue weighted by atomic mass is 16.5. The minimum atomic E-state index is -0.620. The highest BCUT2D eigenvalue weighted by Crippen LogP contribution is 2.63. The number of anilines is 3. The summed E-state index contributed by atoms with van der Waals surface area (Å²) in [5, 5.41) is 2.25. The summed E-state index contributed by atoms with van der Waals surface area (Å²) >= 11 is 0. The minimum Gasteiger partial charge on any atom is -0.457 e. The van der Waals surface area contributed by atoms with Crippen LogP contribution in [0.15, 0.2) is 265 Å². The molecule has 0 fully saturated rings. The summed E-state index contributed by atoms with van der Waals surface area (Å²) in [6.07, 6.45) is 0. The van der Waals surface area contributed by atoms with E-state index in [0.717, 1.165) is 83.9 Å². The summed E-state index contributed by atoms with van der Waals surface area (Å²) < 4.78 is 13.1. The second-order valence-electron chi connectivity index (χ2n) is 18.3. The van der Waals surface area contributed by atoms with Gasteiger partial charge in [-0.3, -0.25) is 0 Å². The number of furan rings is 1. The van der Waals surface area contributed by atoms with Gasteiger partial charge in [0.05, 0.1) is 11.1 Å². The zero-order valence-corrected chi connectivity index (χ0v) is 38.1. The summed E-state index contributed by atoms with van der Waals surface area (Å²) in [7, 11) is 0.